The molecule has 1 aromatic carbocycles. The SMILES string of the molecule is Cc1cccnc1NC=[N+](C)c1ccccc1. The van der Waals surface area contributed by atoms with Crippen molar-refractivity contribution in [2.45, 2.75) is 6.92 Å². The third kappa shape index (κ3) is 2.91. The van der Waals surface area contributed by atoms with Crippen molar-refractivity contribution in [1.29, 1.82) is 0 Å². The van der Waals surface area contributed by atoms with Gasteiger partial charge in [-0.05, 0) is 25.1 Å². The van der Waals surface area contributed by atoms with E-state index in [2.05, 4.69) is 22.4 Å². The van der Waals surface area contributed by atoms with Crippen LogP contribution in [0.1, 0.15) is 5.56 Å². The van der Waals surface area contributed by atoms with Crippen LogP contribution in [0.15, 0.2) is 48.7 Å². The number of benzene rings is 1. The van der Waals surface area contributed by atoms with E-state index in [-0.39, 0.29) is 0 Å². The van der Waals surface area contributed by atoms with E-state index in [9.17, 15) is 0 Å². The zero-order valence-corrected chi connectivity index (χ0v) is 10.1. The molecule has 2 aromatic rings. The number of pyridine rings is 1. The predicted molar refractivity (Wildman–Crippen MR) is 70.9 cm³/mol. The highest BCUT2D eigenvalue weighted by Crippen LogP contribution is 2.09. The number of para-hydroxylation sites is 1. The van der Waals surface area contributed by atoms with E-state index < -0.39 is 0 Å². The second-order valence-electron chi connectivity index (χ2n) is 3.89. The molecule has 0 saturated heterocycles. The van der Waals surface area contributed by atoms with E-state index in [0.717, 1.165) is 17.1 Å². The summed E-state index contributed by atoms with van der Waals surface area (Å²) >= 11 is 0. The van der Waals surface area contributed by atoms with Crippen molar-refractivity contribution >= 4 is 17.8 Å². The summed E-state index contributed by atoms with van der Waals surface area (Å²) in [5, 5.41) is 3.20. The lowest BCUT2D eigenvalue weighted by Gasteiger charge is -2.01. The van der Waals surface area contributed by atoms with Crippen molar-refractivity contribution in [3.05, 3.63) is 54.2 Å². The minimum atomic E-state index is 0.885. The summed E-state index contributed by atoms with van der Waals surface area (Å²) in [5.41, 5.74) is 2.26. The molecule has 0 saturated carbocycles. The van der Waals surface area contributed by atoms with E-state index in [0.29, 0.717) is 0 Å². The second-order valence-corrected chi connectivity index (χ2v) is 3.89. The fourth-order valence-electron chi connectivity index (χ4n) is 1.53. The van der Waals surface area contributed by atoms with E-state index in [1.54, 1.807) is 6.20 Å². The van der Waals surface area contributed by atoms with Crippen LogP contribution in [0.4, 0.5) is 11.5 Å². The Balaban J connectivity index is 2.14. The Morgan fingerprint density at radius 1 is 1.12 bits per heavy atom. The number of hydrogen-bond acceptors (Lipinski definition) is 1. The first kappa shape index (κ1) is 11.3. The quantitative estimate of drug-likeness (QED) is 0.495. The normalized spacial score (nSPS) is 11.3. The van der Waals surface area contributed by atoms with Gasteiger partial charge in [0.2, 0.25) is 12.2 Å². The van der Waals surface area contributed by atoms with Crippen LogP contribution >= 0.6 is 0 Å². The number of nitrogens with one attached hydrogen (secondary N) is 1. The highest BCUT2D eigenvalue weighted by atomic mass is 15.1. The molecule has 2 rings (SSSR count). The minimum Gasteiger partial charge on any atom is -0.237 e. The average molecular weight is 226 g/mol. The van der Waals surface area contributed by atoms with Crippen molar-refractivity contribution in [2.24, 2.45) is 0 Å². The Labute approximate surface area is 101 Å². The first-order valence-electron chi connectivity index (χ1n) is 5.57. The Morgan fingerprint density at radius 3 is 2.59 bits per heavy atom. The van der Waals surface area contributed by atoms with Gasteiger partial charge in [-0.2, -0.15) is 0 Å². The maximum absolute atomic E-state index is 4.27. The molecule has 1 aromatic heterocycles. The minimum absolute atomic E-state index is 0.885. The fourth-order valence-corrected chi connectivity index (χ4v) is 1.53. The van der Waals surface area contributed by atoms with Crippen LogP contribution in [0, 0.1) is 6.92 Å². The van der Waals surface area contributed by atoms with Gasteiger partial charge in [-0.15, -0.1) is 0 Å². The van der Waals surface area contributed by atoms with Gasteiger partial charge < -0.3 is 0 Å². The largest absolute Gasteiger partial charge is 0.243 e. The van der Waals surface area contributed by atoms with Crippen LogP contribution in [-0.4, -0.2) is 22.9 Å². The van der Waals surface area contributed by atoms with Gasteiger partial charge in [0.25, 0.3) is 0 Å². The second kappa shape index (κ2) is 5.25. The topological polar surface area (TPSA) is 27.9 Å². The molecule has 0 aliphatic carbocycles. The smallest absolute Gasteiger partial charge is 0.237 e. The Kier molecular flexibility index (Phi) is 3.50. The molecular formula is C14H16N3+. The lowest BCUT2D eigenvalue weighted by atomic mass is 10.3. The van der Waals surface area contributed by atoms with Crippen LogP contribution in [0.2, 0.25) is 0 Å². The maximum atomic E-state index is 4.27. The van der Waals surface area contributed by atoms with Gasteiger partial charge in [-0.3, -0.25) is 0 Å². The zero-order valence-electron chi connectivity index (χ0n) is 10.1. The fraction of sp³-hybridized carbons (Fsp3) is 0.143. The molecule has 1 N–H and O–H groups in total. The molecule has 0 amide bonds. The van der Waals surface area contributed by atoms with Crippen molar-refractivity contribution < 1.29 is 4.58 Å². The molecule has 0 aliphatic heterocycles. The monoisotopic (exact) mass is 226 g/mol. The molecule has 1 heterocycles. The summed E-state index contributed by atoms with van der Waals surface area (Å²) in [6.07, 6.45) is 3.69. The van der Waals surface area contributed by atoms with Crippen LogP contribution in [0.5, 0.6) is 0 Å². The molecule has 3 nitrogen and oxygen atoms in total. The number of nitrogens with zero attached hydrogens (tertiary/aromatic N) is 2. The Hall–Kier alpha value is -2.16. The van der Waals surface area contributed by atoms with Crippen LogP contribution in [0.3, 0.4) is 0 Å². The van der Waals surface area contributed by atoms with Crippen LogP contribution in [-0.2, 0) is 0 Å². The lowest BCUT2D eigenvalue weighted by molar-refractivity contribution is -0.399. The molecule has 0 bridgehead atoms. The van der Waals surface area contributed by atoms with Crippen LogP contribution in [0.25, 0.3) is 0 Å². The molecular weight excluding hydrogens is 210 g/mol. The van der Waals surface area contributed by atoms with Gasteiger partial charge in [-0.1, -0.05) is 24.3 Å². The highest BCUT2D eigenvalue weighted by Gasteiger charge is 2.02. The van der Waals surface area contributed by atoms with Gasteiger partial charge in [0.05, 0.1) is 7.05 Å². The van der Waals surface area contributed by atoms with Gasteiger partial charge in [0, 0.05) is 11.8 Å². The summed E-state index contributed by atoms with van der Waals surface area (Å²) in [6, 6.07) is 14.1. The van der Waals surface area contributed by atoms with E-state index >= 15 is 0 Å². The molecule has 0 unspecified atom stereocenters. The molecule has 0 aliphatic rings. The highest BCUT2D eigenvalue weighted by molar-refractivity contribution is 5.72. The van der Waals surface area contributed by atoms with E-state index in [4.69, 9.17) is 0 Å². The first-order chi connectivity index (χ1) is 8.27. The maximum Gasteiger partial charge on any atom is 0.243 e. The number of hydrogen-bond donors (Lipinski definition) is 1. The molecule has 0 atom stereocenters. The van der Waals surface area contributed by atoms with E-state index in [1.165, 1.54) is 0 Å². The lowest BCUT2D eigenvalue weighted by Crippen LogP contribution is -2.09. The van der Waals surface area contributed by atoms with E-state index in [1.807, 2.05) is 55.2 Å². The Morgan fingerprint density at radius 2 is 1.88 bits per heavy atom. The third-order valence-electron chi connectivity index (χ3n) is 2.57. The standard InChI is InChI=1S/C14H15N3/c1-12-7-6-10-15-14(12)16-11-17(2)13-8-4-3-5-9-13/h3-11H,1-2H3/p+1. The number of rotatable bonds is 3. The summed E-state index contributed by atoms with van der Waals surface area (Å²) in [5.74, 6) is 0.885. The molecule has 3 heteroatoms. The van der Waals surface area contributed by atoms with Crippen LogP contribution < -0.4 is 5.32 Å². The molecule has 0 radical (unpaired) electrons. The molecule has 0 fully saturated rings. The summed E-state index contributed by atoms with van der Waals surface area (Å²) in [4.78, 5) is 4.27. The summed E-state index contributed by atoms with van der Waals surface area (Å²) in [7, 11) is 2.00. The molecule has 86 valence electrons. The van der Waals surface area contributed by atoms with Crippen molar-refractivity contribution in [3.8, 4) is 0 Å². The average Bonchev–Trinajstić information content (AvgIpc) is 2.38. The van der Waals surface area contributed by atoms with Crippen molar-refractivity contribution in [1.82, 2.24) is 4.98 Å². The molecule has 17 heavy (non-hydrogen) atoms. The summed E-state index contributed by atoms with van der Waals surface area (Å²) < 4.78 is 2.02. The Bertz CT molecular complexity index is 518. The number of anilines is 1. The van der Waals surface area contributed by atoms with Gasteiger partial charge in [0.1, 0.15) is 5.69 Å². The zero-order chi connectivity index (χ0) is 12.1. The van der Waals surface area contributed by atoms with Gasteiger partial charge in [-0.25, -0.2) is 14.9 Å². The summed E-state index contributed by atoms with van der Waals surface area (Å²) in [6.45, 7) is 2.03. The van der Waals surface area contributed by atoms with Gasteiger partial charge in [0.15, 0.2) is 0 Å². The van der Waals surface area contributed by atoms with Gasteiger partial charge >= 0.3 is 0 Å². The molecule has 0 spiro atoms. The van der Waals surface area contributed by atoms with Crippen molar-refractivity contribution in [2.75, 3.05) is 12.4 Å². The first-order valence-corrected chi connectivity index (χ1v) is 5.57. The third-order valence-corrected chi connectivity index (χ3v) is 2.57. The number of aromatic nitrogens is 1. The predicted octanol–water partition coefficient (Wildman–Crippen LogP) is 2.80. The van der Waals surface area contributed by atoms with Crippen molar-refractivity contribution in [3.63, 3.8) is 0 Å². The number of aryl methyl sites for hydroxylation is 1.